The first-order valence-electron chi connectivity index (χ1n) is 5.26. The molecule has 4 nitrogen and oxygen atoms in total. The van der Waals surface area contributed by atoms with Crippen LogP contribution in [-0.2, 0) is 6.54 Å². The molecule has 0 bridgehead atoms. The first kappa shape index (κ1) is 12.6. The summed E-state index contributed by atoms with van der Waals surface area (Å²) in [4.78, 5) is 22.8. The molecular weight excluding hydrogens is 298 g/mol. The summed E-state index contributed by atoms with van der Waals surface area (Å²) in [6, 6.07) is 11.5. The summed E-state index contributed by atoms with van der Waals surface area (Å²) in [6.45, 7) is 0.225. The highest BCUT2D eigenvalue weighted by Gasteiger charge is 2.10. The highest BCUT2D eigenvalue weighted by atomic mass is 79.9. The van der Waals surface area contributed by atoms with Crippen molar-refractivity contribution in [2.45, 2.75) is 6.54 Å². The van der Waals surface area contributed by atoms with E-state index in [-0.39, 0.29) is 17.7 Å². The second kappa shape index (κ2) is 5.18. The number of aromatic carboxylic acids is 1. The Balaban J connectivity index is 2.47. The summed E-state index contributed by atoms with van der Waals surface area (Å²) in [6.07, 6.45) is 0. The van der Waals surface area contributed by atoms with E-state index in [9.17, 15) is 9.59 Å². The quantitative estimate of drug-likeness (QED) is 0.886. The van der Waals surface area contributed by atoms with Gasteiger partial charge < -0.3 is 5.11 Å². The van der Waals surface area contributed by atoms with E-state index in [4.69, 9.17) is 5.11 Å². The lowest BCUT2D eigenvalue weighted by Gasteiger charge is -2.10. The van der Waals surface area contributed by atoms with Crippen LogP contribution in [0.1, 0.15) is 15.9 Å². The number of carboxylic acid groups (broad SMARTS) is 1. The van der Waals surface area contributed by atoms with Crippen LogP contribution in [0.4, 0.5) is 0 Å². The molecule has 2 rings (SSSR count). The van der Waals surface area contributed by atoms with Crippen molar-refractivity contribution in [1.82, 2.24) is 4.57 Å². The van der Waals surface area contributed by atoms with E-state index in [1.165, 1.54) is 16.7 Å². The minimum absolute atomic E-state index is 0.176. The molecule has 1 aromatic carbocycles. The van der Waals surface area contributed by atoms with E-state index >= 15 is 0 Å². The number of carbonyl (C=O) groups is 1. The molecule has 0 unspecified atom stereocenters. The molecule has 0 aliphatic rings. The molecule has 0 atom stereocenters. The second-order valence-corrected chi connectivity index (χ2v) is 4.55. The Hall–Kier alpha value is -1.88. The van der Waals surface area contributed by atoms with Crippen LogP contribution < -0.4 is 5.56 Å². The first-order valence-corrected chi connectivity index (χ1v) is 6.05. The Morgan fingerprint density at radius 2 is 1.89 bits per heavy atom. The highest BCUT2D eigenvalue weighted by Crippen LogP contribution is 2.13. The fourth-order valence-corrected chi connectivity index (χ4v) is 2.14. The monoisotopic (exact) mass is 307 g/mol. The Morgan fingerprint density at radius 1 is 1.17 bits per heavy atom. The van der Waals surface area contributed by atoms with E-state index in [1.807, 2.05) is 0 Å². The number of nitrogens with zero attached hydrogens (tertiary/aromatic N) is 1. The van der Waals surface area contributed by atoms with Gasteiger partial charge in [0.25, 0.3) is 5.56 Å². The Labute approximate surface area is 112 Å². The van der Waals surface area contributed by atoms with Crippen molar-refractivity contribution in [3.05, 3.63) is 68.5 Å². The summed E-state index contributed by atoms with van der Waals surface area (Å²) in [7, 11) is 0. The standard InChI is InChI=1S/C13H10BrNO3/c14-11-6-3-7-12(16)15(11)8-9-4-1-2-5-10(9)13(17)18/h1-7H,8H2,(H,17,18). The van der Waals surface area contributed by atoms with Gasteiger partial charge in [-0.05, 0) is 33.6 Å². The maximum Gasteiger partial charge on any atom is 0.336 e. The van der Waals surface area contributed by atoms with E-state index < -0.39 is 5.97 Å². The van der Waals surface area contributed by atoms with Crippen LogP contribution in [0.25, 0.3) is 0 Å². The third-order valence-electron chi connectivity index (χ3n) is 2.57. The average molecular weight is 308 g/mol. The van der Waals surface area contributed by atoms with Crippen molar-refractivity contribution in [3.8, 4) is 0 Å². The van der Waals surface area contributed by atoms with Gasteiger partial charge in [-0.1, -0.05) is 24.3 Å². The molecule has 0 aliphatic carbocycles. The van der Waals surface area contributed by atoms with Crippen molar-refractivity contribution >= 4 is 21.9 Å². The number of hydrogen-bond donors (Lipinski definition) is 1. The molecule has 0 saturated carbocycles. The van der Waals surface area contributed by atoms with Crippen LogP contribution in [0.2, 0.25) is 0 Å². The number of rotatable bonds is 3. The molecule has 0 radical (unpaired) electrons. The van der Waals surface area contributed by atoms with E-state index in [2.05, 4.69) is 15.9 Å². The summed E-state index contributed by atoms with van der Waals surface area (Å²) in [5.41, 5.74) is 0.628. The predicted molar refractivity (Wildman–Crippen MR) is 70.9 cm³/mol. The van der Waals surface area contributed by atoms with E-state index in [1.54, 1.807) is 30.3 Å². The SMILES string of the molecule is O=C(O)c1ccccc1Cn1c(Br)cccc1=O. The Morgan fingerprint density at radius 3 is 2.56 bits per heavy atom. The van der Waals surface area contributed by atoms with Gasteiger partial charge in [0.1, 0.15) is 0 Å². The minimum Gasteiger partial charge on any atom is -0.478 e. The lowest BCUT2D eigenvalue weighted by Crippen LogP contribution is -2.21. The number of carboxylic acids is 1. The largest absolute Gasteiger partial charge is 0.478 e. The lowest BCUT2D eigenvalue weighted by molar-refractivity contribution is 0.0695. The second-order valence-electron chi connectivity index (χ2n) is 3.74. The molecule has 0 fully saturated rings. The molecule has 1 N–H and O–H groups in total. The van der Waals surface area contributed by atoms with Crippen LogP contribution in [0.15, 0.2) is 51.9 Å². The number of benzene rings is 1. The minimum atomic E-state index is -0.995. The number of pyridine rings is 1. The molecule has 0 amide bonds. The predicted octanol–water partition coefficient (Wildman–Crippen LogP) is 2.36. The van der Waals surface area contributed by atoms with Crippen LogP contribution in [0.3, 0.4) is 0 Å². The van der Waals surface area contributed by atoms with Crippen LogP contribution in [0.5, 0.6) is 0 Å². The van der Waals surface area contributed by atoms with Gasteiger partial charge in [-0.2, -0.15) is 0 Å². The molecule has 0 spiro atoms. The normalized spacial score (nSPS) is 10.3. The summed E-state index contributed by atoms with van der Waals surface area (Å²) in [5, 5.41) is 9.08. The van der Waals surface area contributed by atoms with Gasteiger partial charge in [-0.3, -0.25) is 9.36 Å². The molecule has 0 aliphatic heterocycles. The van der Waals surface area contributed by atoms with Gasteiger partial charge >= 0.3 is 5.97 Å². The van der Waals surface area contributed by atoms with Gasteiger partial charge in [0.2, 0.25) is 0 Å². The fraction of sp³-hybridized carbons (Fsp3) is 0.0769. The van der Waals surface area contributed by atoms with Gasteiger partial charge in [0, 0.05) is 6.07 Å². The molecule has 5 heteroatoms. The van der Waals surface area contributed by atoms with Crippen molar-refractivity contribution < 1.29 is 9.90 Å². The van der Waals surface area contributed by atoms with Crippen molar-refractivity contribution in [2.75, 3.05) is 0 Å². The van der Waals surface area contributed by atoms with Gasteiger partial charge in [0.15, 0.2) is 0 Å². The van der Waals surface area contributed by atoms with Gasteiger partial charge in [0.05, 0.1) is 16.7 Å². The van der Waals surface area contributed by atoms with E-state index in [0.717, 1.165) is 0 Å². The van der Waals surface area contributed by atoms with Crippen molar-refractivity contribution in [3.63, 3.8) is 0 Å². The molecule has 0 saturated heterocycles. The number of aromatic nitrogens is 1. The summed E-state index contributed by atoms with van der Waals surface area (Å²) < 4.78 is 2.09. The number of halogens is 1. The van der Waals surface area contributed by atoms with Crippen molar-refractivity contribution in [2.24, 2.45) is 0 Å². The summed E-state index contributed by atoms with van der Waals surface area (Å²) in [5.74, 6) is -0.995. The third kappa shape index (κ3) is 2.51. The van der Waals surface area contributed by atoms with Gasteiger partial charge in [-0.25, -0.2) is 4.79 Å². The molecule has 92 valence electrons. The fourth-order valence-electron chi connectivity index (χ4n) is 1.69. The van der Waals surface area contributed by atoms with Gasteiger partial charge in [-0.15, -0.1) is 0 Å². The highest BCUT2D eigenvalue weighted by molar-refractivity contribution is 9.10. The number of hydrogen-bond acceptors (Lipinski definition) is 2. The Bertz CT molecular complexity index is 649. The molecule has 18 heavy (non-hydrogen) atoms. The molecule has 1 aromatic heterocycles. The first-order chi connectivity index (χ1) is 8.59. The van der Waals surface area contributed by atoms with E-state index in [0.29, 0.717) is 10.2 Å². The molecular formula is C13H10BrNO3. The van der Waals surface area contributed by atoms with Crippen LogP contribution in [-0.4, -0.2) is 15.6 Å². The topological polar surface area (TPSA) is 59.3 Å². The van der Waals surface area contributed by atoms with Crippen molar-refractivity contribution in [1.29, 1.82) is 0 Å². The maximum absolute atomic E-state index is 11.7. The third-order valence-corrected chi connectivity index (χ3v) is 3.27. The molecule has 2 aromatic rings. The zero-order valence-electron chi connectivity index (χ0n) is 9.34. The smallest absolute Gasteiger partial charge is 0.336 e. The average Bonchev–Trinajstić information content (AvgIpc) is 2.34. The zero-order chi connectivity index (χ0) is 13.1. The van der Waals surface area contributed by atoms with Crippen LogP contribution >= 0.6 is 15.9 Å². The van der Waals surface area contributed by atoms with Crippen LogP contribution in [0, 0.1) is 0 Å². The lowest BCUT2D eigenvalue weighted by atomic mass is 10.1. The summed E-state index contributed by atoms with van der Waals surface area (Å²) >= 11 is 3.28. The zero-order valence-corrected chi connectivity index (χ0v) is 10.9. The Kier molecular flexibility index (Phi) is 3.62. The maximum atomic E-state index is 11.7. The molecule has 1 heterocycles.